The molecule has 0 aliphatic heterocycles. The summed E-state index contributed by atoms with van der Waals surface area (Å²) in [6, 6.07) is 11.6. The van der Waals surface area contributed by atoms with Crippen molar-refractivity contribution in [1.82, 2.24) is 5.32 Å². The highest BCUT2D eigenvalue weighted by atomic mass is 79.9. The number of aliphatic hydroxyl groups is 1. The molecule has 0 aliphatic rings. The molecule has 6 heteroatoms. The first-order valence-electron chi connectivity index (χ1n) is 7.11. The summed E-state index contributed by atoms with van der Waals surface area (Å²) in [6.07, 6.45) is 0.254. The highest BCUT2D eigenvalue weighted by Gasteiger charge is 2.05. The van der Waals surface area contributed by atoms with E-state index in [9.17, 15) is 9.18 Å². The molecule has 1 amide bonds. The van der Waals surface area contributed by atoms with Crippen molar-refractivity contribution in [2.75, 3.05) is 13.2 Å². The van der Waals surface area contributed by atoms with Gasteiger partial charge >= 0.3 is 0 Å². The number of carbonyl (C=O) groups is 1. The second-order valence-electron chi connectivity index (χ2n) is 4.92. The molecule has 0 fully saturated rings. The lowest BCUT2D eigenvalue weighted by Crippen LogP contribution is -2.27. The van der Waals surface area contributed by atoms with E-state index in [-0.39, 0.29) is 31.3 Å². The molecule has 122 valence electrons. The van der Waals surface area contributed by atoms with Crippen molar-refractivity contribution < 1.29 is 19.0 Å². The van der Waals surface area contributed by atoms with E-state index >= 15 is 0 Å². The van der Waals surface area contributed by atoms with Crippen molar-refractivity contribution in [2.45, 2.75) is 13.0 Å². The minimum absolute atomic E-state index is 0.0720. The number of ether oxygens (including phenoxy) is 1. The Morgan fingerprint density at radius 3 is 2.61 bits per heavy atom. The standard InChI is InChI=1S/C17H17BrFNO3/c18-16-10-14(19)4-3-13(16)11-23-15-5-1-12(2-6-15)9-17(22)20-7-8-21/h1-6,10,21H,7-9,11H2,(H,20,22). The lowest BCUT2D eigenvalue weighted by molar-refractivity contribution is -0.120. The maximum atomic E-state index is 13.0. The summed E-state index contributed by atoms with van der Waals surface area (Å²) in [4.78, 5) is 11.5. The van der Waals surface area contributed by atoms with Gasteiger partial charge in [-0.05, 0) is 29.8 Å². The highest BCUT2D eigenvalue weighted by Crippen LogP contribution is 2.21. The number of hydrogen-bond acceptors (Lipinski definition) is 3. The minimum atomic E-state index is -0.301. The van der Waals surface area contributed by atoms with E-state index in [0.717, 1.165) is 11.1 Å². The second kappa shape index (κ2) is 8.64. The van der Waals surface area contributed by atoms with Gasteiger partial charge in [0.15, 0.2) is 0 Å². The van der Waals surface area contributed by atoms with E-state index < -0.39 is 0 Å². The second-order valence-corrected chi connectivity index (χ2v) is 5.77. The lowest BCUT2D eigenvalue weighted by Gasteiger charge is -2.09. The summed E-state index contributed by atoms with van der Waals surface area (Å²) in [5.74, 6) is 0.230. The Kier molecular flexibility index (Phi) is 6.55. The molecule has 23 heavy (non-hydrogen) atoms. The van der Waals surface area contributed by atoms with Crippen molar-refractivity contribution >= 4 is 21.8 Å². The van der Waals surface area contributed by atoms with Crippen LogP contribution in [0.25, 0.3) is 0 Å². The van der Waals surface area contributed by atoms with Crippen LogP contribution in [0.2, 0.25) is 0 Å². The smallest absolute Gasteiger partial charge is 0.224 e. The Bertz CT molecular complexity index is 661. The van der Waals surface area contributed by atoms with Crippen LogP contribution in [0.15, 0.2) is 46.9 Å². The fraction of sp³-hybridized carbons (Fsp3) is 0.235. The molecule has 0 atom stereocenters. The zero-order valence-electron chi connectivity index (χ0n) is 12.4. The third-order valence-corrected chi connectivity index (χ3v) is 3.87. The van der Waals surface area contributed by atoms with Crippen LogP contribution < -0.4 is 10.1 Å². The van der Waals surface area contributed by atoms with E-state index in [1.165, 1.54) is 12.1 Å². The molecule has 2 rings (SSSR count). The first-order valence-corrected chi connectivity index (χ1v) is 7.91. The van der Waals surface area contributed by atoms with Crippen LogP contribution in [0, 0.1) is 5.82 Å². The van der Waals surface area contributed by atoms with Gasteiger partial charge in [-0.1, -0.05) is 34.1 Å². The van der Waals surface area contributed by atoms with E-state index in [2.05, 4.69) is 21.2 Å². The topological polar surface area (TPSA) is 58.6 Å². The van der Waals surface area contributed by atoms with Crippen molar-refractivity contribution in [2.24, 2.45) is 0 Å². The fourth-order valence-corrected chi connectivity index (χ4v) is 2.41. The largest absolute Gasteiger partial charge is 0.489 e. The summed E-state index contributed by atoms with van der Waals surface area (Å²) in [6.45, 7) is 0.501. The summed E-state index contributed by atoms with van der Waals surface area (Å²) >= 11 is 3.30. The number of carbonyl (C=O) groups excluding carboxylic acids is 1. The average molecular weight is 382 g/mol. The SMILES string of the molecule is O=C(Cc1ccc(OCc2ccc(F)cc2Br)cc1)NCCO. The van der Waals surface area contributed by atoms with E-state index in [0.29, 0.717) is 16.8 Å². The van der Waals surface area contributed by atoms with Crippen LogP contribution >= 0.6 is 15.9 Å². The zero-order valence-corrected chi connectivity index (χ0v) is 14.0. The minimum Gasteiger partial charge on any atom is -0.489 e. The highest BCUT2D eigenvalue weighted by molar-refractivity contribution is 9.10. The van der Waals surface area contributed by atoms with Crippen LogP contribution in [0.1, 0.15) is 11.1 Å². The summed E-state index contributed by atoms with van der Waals surface area (Å²) in [7, 11) is 0. The summed E-state index contributed by atoms with van der Waals surface area (Å²) in [5.41, 5.74) is 1.70. The molecule has 0 unspecified atom stereocenters. The van der Waals surface area contributed by atoms with Crippen LogP contribution in [0.4, 0.5) is 4.39 Å². The lowest BCUT2D eigenvalue weighted by atomic mass is 10.1. The maximum Gasteiger partial charge on any atom is 0.224 e. The van der Waals surface area contributed by atoms with Crippen molar-refractivity contribution in [3.8, 4) is 5.75 Å². The molecule has 0 aromatic heterocycles. The number of amides is 1. The number of halogens is 2. The third-order valence-electron chi connectivity index (χ3n) is 3.13. The Morgan fingerprint density at radius 1 is 1.22 bits per heavy atom. The third kappa shape index (κ3) is 5.65. The van der Waals surface area contributed by atoms with Crippen molar-refractivity contribution in [1.29, 1.82) is 0 Å². The van der Waals surface area contributed by atoms with Crippen LogP contribution in [0.5, 0.6) is 5.75 Å². The molecular formula is C17H17BrFNO3. The normalized spacial score (nSPS) is 10.4. The molecule has 2 aromatic carbocycles. The van der Waals surface area contributed by atoms with Gasteiger partial charge in [-0.15, -0.1) is 0 Å². The first kappa shape index (κ1) is 17.4. The van der Waals surface area contributed by atoms with Crippen LogP contribution in [0.3, 0.4) is 0 Å². The van der Waals surface area contributed by atoms with Gasteiger partial charge in [0.1, 0.15) is 18.2 Å². The maximum absolute atomic E-state index is 13.0. The van der Waals surface area contributed by atoms with Gasteiger partial charge < -0.3 is 15.2 Å². The predicted octanol–water partition coefficient (Wildman–Crippen LogP) is 2.82. The molecule has 0 spiro atoms. The Balaban J connectivity index is 1.88. The van der Waals surface area contributed by atoms with Crippen LogP contribution in [-0.2, 0) is 17.8 Å². The Hall–Kier alpha value is -1.92. The van der Waals surface area contributed by atoms with Crippen molar-refractivity contribution in [3.63, 3.8) is 0 Å². The van der Waals surface area contributed by atoms with E-state index in [4.69, 9.17) is 9.84 Å². The Labute approximate surface area is 142 Å². The fourth-order valence-electron chi connectivity index (χ4n) is 1.95. The number of nitrogens with one attached hydrogen (secondary N) is 1. The zero-order chi connectivity index (χ0) is 16.7. The molecule has 0 saturated heterocycles. The van der Waals surface area contributed by atoms with Crippen molar-refractivity contribution in [3.05, 3.63) is 63.9 Å². The summed E-state index contributed by atoms with van der Waals surface area (Å²) in [5, 5.41) is 11.2. The molecule has 0 heterocycles. The molecule has 4 nitrogen and oxygen atoms in total. The molecule has 2 N–H and O–H groups in total. The van der Waals surface area contributed by atoms with Gasteiger partial charge in [0.05, 0.1) is 13.0 Å². The number of rotatable bonds is 7. The van der Waals surface area contributed by atoms with Gasteiger partial charge in [-0.3, -0.25) is 4.79 Å². The first-order chi connectivity index (χ1) is 11.1. The monoisotopic (exact) mass is 381 g/mol. The number of benzene rings is 2. The molecule has 2 aromatic rings. The van der Waals surface area contributed by atoms with Gasteiger partial charge in [0.25, 0.3) is 0 Å². The number of hydrogen-bond donors (Lipinski definition) is 2. The van der Waals surface area contributed by atoms with E-state index in [1.807, 2.05) is 12.1 Å². The van der Waals surface area contributed by atoms with E-state index in [1.54, 1.807) is 18.2 Å². The van der Waals surface area contributed by atoms with Gasteiger partial charge in [0, 0.05) is 16.6 Å². The summed E-state index contributed by atoms with van der Waals surface area (Å²) < 4.78 is 19.3. The average Bonchev–Trinajstić information content (AvgIpc) is 2.53. The quantitative estimate of drug-likeness (QED) is 0.775. The number of aliphatic hydroxyl groups excluding tert-OH is 1. The Morgan fingerprint density at radius 2 is 1.96 bits per heavy atom. The van der Waals surface area contributed by atoms with Crippen LogP contribution in [-0.4, -0.2) is 24.2 Å². The molecule has 0 saturated carbocycles. The molecular weight excluding hydrogens is 365 g/mol. The van der Waals surface area contributed by atoms with Gasteiger partial charge in [-0.25, -0.2) is 4.39 Å². The molecule has 0 aliphatic carbocycles. The molecule has 0 bridgehead atoms. The predicted molar refractivity (Wildman–Crippen MR) is 88.7 cm³/mol. The molecule has 0 radical (unpaired) electrons. The van der Waals surface area contributed by atoms with Gasteiger partial charge in [0.2, 0.25) is 5.91 Å². The van der Waals surface area contributed by atoms with Gasteiger partial charge in [-0.2, -0.15) is 0 Å².